The molecule has 4 fully saturated rings. The maximum Gasteiger partial charge on any atom is 0.287 e. The Kier molecular flexibility index (Phi) is 2.25. The molecule has 2 heterocycles. The van der Waals surface area contributed by atoms with E-state index in [0.29, 0.717) is 24.1 Å². The molecular weight excluding hydrogens is 292 g/mol. The van der Waals surface area contributed by atoms with Gasteiger partial charge in [-0.1, -0.05) is 18.2 Å². The first-order chi connectivity index (χ1) is 11.0. The number of carbonyl (C=O) groups excluding carboxylic acids is 1. The topological polar surface area (TPSA) is 74.7 Å². The Morgan fingerprint density at radius 1 is 1.39 bits per heavy atom. The first kappa shape index (κ1) is 13.6. The third-order valence-corrected chi connectivity index (χ3v) is 6.65. The number of hydrazine groups is 1. The second kappa shape index (κ2) is 3.80. The zero-order valence-corrected chi connectivity index (χ0v) is 13.4. The number of aryl methyl sites for hydroxylation is 1. The molecule has 1 aromatic heterocycles. The van der Waals surface area contributed by atoms with Gasteiger partial charge in [0.15, 0.2) is 0 Å². The largest absolute Gasteiger partial charge is 0.287 e. The van der Waals surface area contributed by atoms with Gasteiger partial charge in [-0.25, -0.2) is 10.4 Å². The Labute approximate surface area is 134 Å². The lowest BCUT2D eigenvalue weighted by Crippen LogP contribution is -2.65. The zero-order valence-electron chi connectivity index (χ0n) is 13.4. The molecule has 4 aliphatic rings. The molecule has 23 heavy (non-hydrogen) atoms. The van der Waals surface area contributed by atoms with Crippen molar-refractivity contribution in [3.8, 4) is 0 Å². The number of nitrogens with zero attached hydrogens (tertiary/aromatic N) is 3. The molecule has 2 spiro atoms. The third-order valence-electron chi connectivity index (χ3n) is 6.65. The first-order valence-electron chi connectivity index (χ1n) is 8.35. The van der Waals surface area contributed by atoms with E-state index in [1.807, 2.05) is 19.1 Å². The average molecular weight is 312 g/mol. The third kappa shape index (κ3) is 1.35. The Morgan fingerprint density at radius 3 is 2.96 bits per heavy atom. The summed E-state index contributed by atoms with van der Waals surface area (Å²) >= 11 is 0. The predicted molar refractivity (Wildman–Crippen MR) is 83.4 cm³/mol. The molecule has 5 unspecified atom stereocenters. The van der Waals surface area contributed by atoms with Crippen molar-refractivity contribution in [3.63, 3.8) is 0 Å². The summed E-state index contributed by atoms with van der Waals surface area (Å²) in [6.07, 6.45) is 3.48. The lowest BCUT2D eigenvalue weighted by Gasteiger charge is -2.43. The van der Waals surface area contributed by atoms with Crippen molar-refractivity contribution >= 4 is 5.91 Å². The van der Waals surface area contributed by atoms with Crippen LogP contribution < -0.4 is 5.43 Å². The molecule has 1 amide bonds. The van der Waals surface area contributed by atoms with Crippen molar-refractivity contribution in [1.29, 1.82) is 0 Å². The smallest absolute Gasteiger partial charge is 0.266 e. The van der Waals surface area contributed by atoms with Gasteiger partial charge in [-0.05, 0) is 44.2 Å². The number of pyridine rings is 1. The van der Waals surface area contributed by atoms with E-state index in [4.69, 9.17) is 0 Å². The maximum absolute atomic E-state index is 12.9. The molecular formula is C17H20N4O2. The SMILES string of the molecule is Cc1cccc(C(=O)N2NC3C45CC(C)CC(N=O)(C4)CC325)n1. The predicted octanol–water partition coefficient (Wildman–Crippen LogP) is 2.19. The second-order valence-electron chi connectivity index (χ2n) is 8.13. The van der Waals surface area contributed by atoms with Gasteiger partial charge < -0.3 is 0 Å². The Balaban J connectivity index is 1.51. The molecule has 6 nitrogen and oxygen atoms in total. The number of hydrogen-bond acceptors (Lipinski definition) is 5. The Morgan fingerprint density at radius 2 is 2.22 bits per heavy atom. The molecule has 0 radical (unpaired) electrons. The summed E-state index contributed by atoms with van der Waals surface area (Å²) in [5.41, 5.74) is 4.03. The number of amides is 1. The van der Waals surface area contributed by atoms with Gasteiger partial charge in [0.05, 0.1) is 11.6 Å². The van der Waals surface area contributed by atoms with Crippen molar-refractivity contribution in [2.75, 3.05) is 0 Å². The van der Waals surface area contributed by atoms with Crippen molar-refractivity contribution in [3.05, 3.63) is 34.5 Å². The molecule has 6 heteroatoms. The van der Waals surface area contributed by atoms with Crippen LogP contribution in [0.15, 0.2) is 23.4 Å². The minimum atomic E-state index is -0.463. The second-order valence-corrected chi connectivity index (χ2v) is 8.13. The van der Waals surface area contributed by atoms with Crippen LogP contribution in [-0.2, 0) is 0 Å². The summed E-state index contributed by atoms with van der Waals surface area (Å²) in [6, 6.07) is 5.83. The van der Waals surface area contributed by atoms with Crippen LogP contribution in [0, 0.1) is 23.2 Å². The highest BCUT2D eigenvalue weighted by Gasteiger charge is 2.93. The molecule has 3 saturated carbocycles. The highest BCUT2D eigenvalue weighted by atomic mass is 16.3. The molecule has 5 rings (SSSR count). The van der Waals surface area contributed by atoms with Gasteiger partial charge in [0.25, 0.3) is 5.91 Å². The van der Waals surface area contributed by atoms with Gasteiger partial charge in [-0.2, -0.15) is 4.91 Å². The van der Waals surface area contributed by atoms with Gasteiger partial charge >= 0.3 is 0 Å². The molecule has 1 N–H and O–H groups in total. The van der Waals surface area contributed by atoms with Gasteiger partial charge in [0.1, 0.15) is 11.2 Å². The normalized spacial score (nSPS) is 45.7. The number of nitroso groups, excluding NO2 is 1. The van der Waals surface area contributed by atoms with Crippen LogP contribution in [-0.4, -0.2) is 33.0 Å². The molecule has 2 bridgehead atoms. The Hall–Kier alpha value is -1.82. The fourth-order valence-corrected chi connectivity index (χ4v) is 6.14. The van der Waals surface area contributed by atoms with E-state index < -0.39 is 5.54 Å². The van der Waals surface area contributed by atoms with E-state index in [2.05, 4.69) is 22.5 Å². The van der Waals surface area contributed by atoms with Crippen molar-refractivity contribution < 1.29 is 4.79 Å². The molecule has 120 valence electrons. The summed E-state index contributed by atoms with van der Waals surface area (Å²) in [4.78, 5) is 28.8. The van der Waals surface area contributed by atoms with Crippen LogP contribution in [0.5, 0.6) is 0 Å². The van der Waals surface area contributed by atoms with Crippen molar-refractivity contribution in [2.24, 2.45) is 16.5 Å². The quantitative estimate of drug-likeness (QED) is 0.849. The van der Waals surface area contributed by atoms with Crippen LogP contribution in [0.25, 0.3) is 0 Å². The lowest BCUT2D eigenvalue weighted by molar-refractivity contribution is 0.00788. The monoisotopic (exact) mass is 312 g/mol. The average Bonchev–Trinajstić information content (AvgIpc) is 2.77. The molecule has 1 aromatic rings. The fraction of sp³-hybridized carbons (Fsp3) is 0.647. The van der Waals surface area contributed by atoms with E-state index in [0.717, 1.165) is 25.0 Å². The highest BCUT2D eigenvalue weighted by molar-refractivity contribution is 5.94. The summed E-state index contributed by atoms with van der Waals surface area (Å²) in [5.74, 6) is 0.408. The number of rotatable bonds is 2. The maximum atomic E-state index is 12.9. The minimum absolute atomic E-state index is 0.0536. The van der Waals surface area contributed by atoms with Gasteiger partial charge in [-0.15, -0.1) is 0 Å². The summed E-state index contributed by atoms with van der Waals surface area (Å²) < 4.78 is 0. The van der Waals surface area contributed by atoms with Crippen molar-refractivity contribution in [1.82, 2.24) is 15.4 Å². The summed E-state index contributed by atoms with van der Waals surface area (Å²) in [6.45, 7) is 4.08. The van der Waals surface area contributed by atoms with E-state index in [1.165, 1.54) is 0 Å². The molecule has 1 aliphatic heterocycles. The molecule has 3 aliphatic carbocycles. The van der Waals surface area contributed by atoms with Gasteiger partial charge in [0, 0.05) is 17.5 Å². The standard InChI is InChI=1S/C17H20N4O2/c1-10-6-15(20-23)8-16(7-10)14-17(16,9-15)21(19-14)13(22)12-5-3-4-11(2)18-12/h3-5,10,14,19H,6-9H2,1-2H3. The minimum Gasteiger partial charge on any atom is -0.266 e. The van der Waals surface area contributed by atoms with Crippen LogP contribution >= 0.6 is 0 Å². The van der Waals surface area contributed by atoms with Crippen LogP contribution in [0.4, 0.5) is 0 Å². The van der Waals surface area contributed by atoms with Gasteiger partial charge in [-0.3, -0.25) is 9.80 Å². The number of nitrogens with one attached hydrogen (secondary N) is 1. The van der Waals surface area contributed by atoms with Crippen LogP contribution in [0.2, 0.25) is 0 Å². The fourth-order valence-electron chi connectivity index (χ4n) is 6.14. The van der Waals surface area contributed by atoms with E-state index in [1.54, 1.807) is 11.1 Å². The van der Waals surface area contributed by atoms with E-state index in [9.17, 15) is 9.70 Å². The first-order valence-corrected chi connectivity index (χ1v) is 8.35. The highest BCUT2D eigenvalue weighted by Crippen LogP contribution is 2.81. The van der Waals surface area contributed by atoms with Crippen LogP contribution in [0.3, 0.4) is 0 Å². The summed E-state index contributed by atoms with van der Waals surface area (Å²) in [5, 5.41) is 5.30. The summed E-state index contributed by atoms with van der Waals surface area (Å²) in [7, 11) is 0. The van der Waals surface area contributed by atoms with Gasteiger partial charge in [0.2, 0.25) is 0 Å². The number of carbonyl (C=O) groups is 1. The van der Waals surface area contributed by atoms with Crippen molar-refractivity contribution in [2.45, 2.75) is 56.7 Å². The van der Waals surface area contributed by atoms with Crippen LogP contribution in [0.1, 0.15) is 48.8 Å². The van der Waals surface area contributed by atoms with E-state index >= 15 is 0 Å². The Bertz CT molecular complexity index is 752. The van der Waals surface area contributed by atoms with E-state index in [-0.39, 0.29) is 16.9 Å². The lowest BCUT2D eigenvalue weighted by atomic mass is 9.72. The molecule has 1 saturated heterocycles. The number of fused-ring (bicyclic) bond motifs is 1. The molecule has 0 aromatic carbocycles. The number of hydrogen-bond donors (Lipinski definition) is 1. The molecule has 5 atom stereocenters. The number of aromatic nitrogens is 1. The zero-order chi connectivity index (χ0) is 16.0.